The van der Waals surface area contributed by atoms with E-state index in [1.807, 2.05) is 0 Å². The maximum absolute atomic E-state index is 11.8. The summed E-state index contributed by atoms with van der Waals surface area (Å²) in [6.45, 7) is 1.76. The zero-order valence-corrected chi connectivity index (χ0v) is 14.0. The van der Waals surface area contributed by atoms with Crippen molar-refractivity contribution in [1.82, 2.24) is 9.97 Å². The van der Waals surface area contributed by atoms with E-state index in [1.54, 1.807) is 6.07 Å². The van der Waals surface area contributed by atoms with Crippen LogP contribution in [0.2, 0.25) is 0 Å². The Hall–Kier alpha value is -2.24. The summed E-state index contributed by atoms with van der Waals surface area (Å²) in [4.78, 5) is 21.1. The Labute approximate surface area is 142 Å². The summed E-state index contributed by atoms with van der Waals surface area (Å²) in [6.07, 6.45) is 3.43. The predicted octanol–water partition coefficient (Wildman–Crippen LogP) is 1.78. The topological polar surface area (TPSA) is 124 Å². The van der Waals surface area contributed by atoms with Gasteiger partial charge >= 0.3 is 16.3 Å². The number of aromatic nitrogens is 2. The third-order valence-electron chi connectivity index (χ3n) is 3.56. The molecular weight excluding hydrogens is 356 g/mol. The molecule has 0 aromatic carbocycles. The van der Waals surface area contributed by atoms with Gasteiger partial charge in [0.1, 0.15) is 10.8 Å². The Kier molecular flexibility index (Phi) is 4.39. The van der Waals surface area contributed by atoms with Crippen molar-refractivity contribution in [2.24, 2.45) is 0 Å². The van der Waals surface area contributed by atoms with E-state index in [4.69, 9.17) is 5.11 Å². The Morgan fingerprint density at radius 1 is 1.25 bits per heavy atom. The molecule has 0 unspecified atom stereocenters. The molecule has 3 heterocycles. The molecule has 24 heavy (non-hydrogen) atoms. The van der Waals surface area contributed by atoms with Gasteiger partial charge in [0.25, 0.3) is 0 Å². The molecule has 1 fully saturated rings. The highest BCUT2D eigenvalue weighted by Crippen LogP contribution is 2.34. The molecule has 0 aliphatic carbocycles. The summed E-state index contributed by atoms with van der Waals surface area (Å²) in [5.41, 5.74) is 0.775. The predicted molar refractivity (Wildman–Crippen MR) is 88.4 cm³/mol. The van der Waals surface area contributed by atoms with Crippen LogP contribution in [0.4, 0.5) is 16.5 Å². The molecule has 0 amide bonds. The van der Waals surface area contributed by atoms with Crippen molar-refractivity contribution >= 4 is 44.1 Å². The molecule has 0 saturated carbocycles. The lowest BCUT2D eigenvalue weighted by atomic mass is 10.3. The number of nitrogens with zero attached hydrogens (tertiary/aromatic N) is 4. The van der Waals surface area contributed by atoms with Crippen molar-refractivity contribution < 1.29 is 22.9 Å². The monoisotopic (exact) mass is 370 g/mol. The fraction of sp³-hybridized carbons (Fsp3) is 0.308. The van der Waals surface area contributed by atoms with Crippen molar-refractivity contribution in [2.45, 2.75) is 12.8 Å². The van der Waals surface area contributed by atoms with Crippen molar-refractivity contribution in [3.05, 3.63) is 29.5 Å². The molecule has 128 valence electrons. The molecule has 11 heteroatoms. The average molecular weight is 370 g/mol. The van der Waals surface area contributed by atoms with Gasteiger partial charge in [-0.2, -0.15) is 8.42 Å². The van der Waals surface area contributed by atoms with Crippen LogP contribution in [0.1, 0.15) is 23.3 Å². The van der Waals surface area contributed by atoms with Crippen LogP contribution in [0.5, 0.6) is 0 Å². The molecule has 2 aromatic rings. The van der Waals surface area contributed by atoms with Crippen molar-refractivity contribution in [2.75, 3.05) is 22.3 Å². The number of aromatic carboxylic acids is 1. The van der Waals surface area contributed by atoms with E-state index in [0.29, 0.717) is 10.1 Å². The maximum Gasteiger partial charge on any atom is 0.365 e. The molecule has 2 N–H and O–H groups in total. The summed E-state index contributed by atoms with van der Waals surface area (Å²) in [5, 5.41) is 8.91. The van der Waals surface area contributed by atoms with Crippen LogP contribution < -0.4 is 9.21 Å². The van der Waals surface area contributed by atoms with Gasteiger partial charge in [0.05, 0.1) is 17.4 Å². The second kappa shape index (κ2) is 6.34. The first-order valence-corrected chi connectivity index (χ1v) is 9.31. The fourth-order valence-corrected chi connectivity index (χ4v) is 4.31. The fourth-order valence-electron chi connectivity index (χ4n) is 2.52. The summed E-state index contributed by atoms with van der Waals surface area (Å²) >= 11 is 0.794. The Morgan fingerprint density at radius 3 is 2.50 bits per heavy atom. The van der Waals surface area contributed by atoms with Gasteiger partial charge in [0, 0.05) is 13.1 Å². The van der Waals surface area contributed by atoms with Crippen LogP contribution in [0.15, 0.2) is 23.8 Å². The minimum Gasteiger partial charge on any atom is -0.476 e. The number of pyridine rings is 1. The highest BCUT2D eigenvalue weighted by Gasteiger charge is 2.29. The van der Waals surface area contributed by atoms with E-state index in [9.17, 15) is 17.8 Å². The molecule has 0 atom stereocenters. The van der Waals surface area contributed by atoms with Gasteiger partial charge in [-0.15, -0.1) is 11.3 Å². The number of rotatable bonds is 5. The zero-order valence-electron chi connectivity index (χ0n) is 12.4. The van der Waals surface area contributed by atoms with Gasteiger partial charge in [-0.25, -0.2) is 19.1 Å². The molecule has 1 saturated heterocycles. The molecule has 0 spiro atoms. The van der Waals surface area contributed by atoms with E-state index in [1.165, 1.54) is 17.8 Å². The Morgan fingerprint density at radius 2 is 1.96 bits per heavy atom. The highest BCUT2D eigenvalue weighted by atomic mass is 32.2. The number of hydrogen-bond acceptors (Lipinski definition) is 7. The van der Waals surface area contributed by atoms with Gasteiger partial charge in [0.15, 0.2) is 5.69 Å². The molecule has 0 radical (unpaired) electrons. The van der Waals surface area contributed by atoms with Crippen LogP contribution in [0.3, 0.4) is 0 Å². The van der Waals surface area contributed by atoms with Gasteiger partial charge in [-0.05, 0) is 25.0 Å². The standard InChI is InChI=1S/C13H14N4O5S2/c18-13(19)11-12(23-8-15-11)17(24(20,21)22)9-3-4-10(14-7-9)16-5-1-2-6-16/h3-4,7-8H,1-2,5-6H2,(H,18,19)(H,20,21,22). The number of anilines is 3. The first kappa shape index (κ1) is 16.6. The molecule has 9 nitrogen and oxygen atoms in total. The van der Waals surface area contributed by atoms with E-state index >= 15 is 0 Å². The molecule has 3 rings (SSSR count). The highest BCUT2D eigenvalue weighted by molar-refractivity contribution is 7.87. The van der Waals surface area contributed by atoms with E-state index in [0.717, 1.165) is 37.3 Å². The van der Waals surface area contributed by atoms with Crippen LogP contribution in [-0.4, -0.2) is 47.1 Å². The Balaban J connectivity index is 2.01. The van der Waals surface area contributed by atoms with Crippen molar-refractivity contribution in [3.63, 3.8) is 0 Å². The van der Waals surface area contributed by atoms with Crippen LogP contribution in [0, 0.1) is 0 Å². The first-order valence-electron chi connectivity index (χ1n) is 7.03. The first-order chi connectivity index (χ1) is 11.4. The average Bonchev–Trinajstić information content (AvgIpc) is 3.18. The number of hydrogen-bond donors (Lipinski definition) is 2. The zero-order chi connectivity index (χ0) is 17.3. The van der Waals surface area contributed by atoms with Gasteiger partial charge in [-0.3, -0.25) is 4.55 Å². The maximum atomic E-state index is 11.8. The number of carbonyl (C=O) groups is 1. The van der Waals surface area contributed by atoms with E-state index < -0.39 is 22.0 Å². The lowest BCUT2D eigenvalue weighted by Crippen LogP contribution is -2.26. The number of carboxylic acids is 1. The molecule has 1 aliphatic rings. The van der Waals surface area contributed by atoms with Gasteiger partial charge in [-0.1, -0.05) is 0 Å². The summed E-state index contributed by atoms with van der Waals surface area (Å²) < 4.78 is 33.6. The second-order valence-electron chi connectivity index (χ2n) is 5.12. The van der Waals surface area contributed by atoms with Gasteiger partial charge in [0.2, 0.25) is 0 Å². The molecule has 2 aromatic heterocycles. The summed E-state index contributed by atoms with van der Waals surface area (Å²) in [6, 6.07) is 3.11. The third kappa shape index (κ3) is 3.18. The molecular formula is C13H14N4O5S2. The normalized spacial score (nSPS) is 14.8. The molecule has 0 bridgehead atoms. The van der Waals surface area contributed by atoms with Crippen LogP contribution >= 0.6 is 11.3 Å². The second-order valence-corrected chi connectivity index (χ2v) is 7.22. The quantitative estimate of drug-likeness (QED) is 0.763. The number of thiazole rings is 1. The largest absolute Gasteiger partial charge is 0.476 e. The third-order valence-corrected chi connectivity index (χ3v) is 5.34. The van der Waals surface area contributed by atoms with Crippen molar-refractivity contribution in [3.8, 4) is 0 Å². The lowest BCUT2D eigenvalue weighted by Gasteiger charge is -2.21. The van der Waals surface area contributed by atoms with Crippen LogP contribution in [-0.2, 0) is 10.3 Å². The smallest absolute Gasteiger partial charge is 0.365 e. The minimum atomic E-state index is -4.74. The lowest BCUT2D eigenvalue weighted by molar-refractivity contribution is 0.0692. The van der Waals surface area contributed by atoms with Crippen molar-refractivity contribution in [1.29, 1.82) is 0 Å². The van der Waals surface area contributed by atoms with E-state index in [2.05, 4.69) is 14.9 Å². The van der Waals surface area contributed by atoms with Crippen LogP contribution in [0.25, 0.3) is 0 Å². The summed E-state index contributed by atoms with van der Waals surface area (Å²) in [7, 11) is -4.74. The van der Waals surface area contributed by atoms with Gasteiger partial charge < -0.3 is 10.0 Å². The number of carboxylic acid groups (broad SMARTS) is 1. The summed E-state index contributed by atoms with van der Waals surface area (Å²) in [5.74, 6) is -0.684. The Bertz CT molecular complexity index is 844. The SMILES string of the molecule is O=C(O)c1ncsc1N(c1ccc(N2CCCC2)nc1)S(=O)(=O)O. The minimum absolute atomic E-state index is 0.0344. The van der Waals surface area contributed by atoms with E-state index in [-0.39, 0.29) is 10.7 Å². The molecule has 1 aliphatic heterocycles.